The number of benzene rings is 1. The lowest BCUT2D eigenvalue weighted by Crippen LogP contribution is -2.35. The van der Waals surface area contributed by atoms with Crippen molar-refractivity contribution in [1.29, 1.82) is 0 Å². The fourth-order valence-corrected chi connectivity index (χ4v) is 3.20. The zero-order chi connectivity index (χ0) is 15.5. The summed E-state index contributed by atoms with van der Waals surface area (Å²) < 4.78 is 0. The molecule has 1 aromatic carbocycles. The molecule has 1 saturated carbocycles. The fraction of sp³-hybridized carbons (Fsp3) is 0.667. The normalized spacial score (nSPS) is 16.4. The average Bonchev–Trinajstić information content (AvgIpc) is 2.89. The van der Waals surface area contributed by atoms with E-state index < -0.39 is 0 Å². The van der Waals surface area contributed by atoms with Crippen LogP contribution in [0.5, 0.6) is 0 Å². The Labute approximate surface area is 134 Å². The van der Waals surface area contributed by atoms with Crippen molar-refractivity contribution in [3.63, 3.8) is 0 Å². The Bertz CT molecular complexity index is 459. The van der Waals surface area contributed by atoms with Crippen molar-refractivity contribution in [3.8, 4) is 0 Å². The highest BCUT2D eigenvalue weighted by molar-refractivity contribution is 6.31. The summed E-state index contributed by atoms with van der Waals surface area (Å²) in [7, 11) is 2.18. The van der Waals surface area contributed by atoms with E-state index in [9.17, 15) is 0 Å². The summed E-state index contributed by atoms with van der Waals surface area (Å²) in [5, 5.41) is 4.35. The van der Waals surface area contributed by atoms with Gasteiger partial charge in [-0.15, -0.1) is 0 Å². The van der Waals surface area contributed by atoms with Crippen molar-refractivity contribution in [2.75, 3.05) is 18.5 Å². The molecule has 3 heteroatoms. The van der Waals surface area contributed by atoms with Gasteiger partial charge in [-0.25, -0.2) is 0 Å². The van der Waals surface area contributed by atoms with Crippen LogP contribution in [0.2, 0.25) is 5.02 Å². The van der Waals surface area contributed by atoms with Gasteiger partial charge in [-0.1, -0.05) is 30.5 Å². The van der Waals surface area contributed by atoms with Gasteiger partial charge in [0.05, 0.1) is 0 Å². The van der Waals surface area contributed by atoms with Crippen LogP contribution in [-0.2, 0) is 6.54 Å². The number of nitrogens with one attached hydrogen (secondary N) is 1. The van der Waals surface area contributed by atoms with Crippen LogP contribution in [-0.4, -0.2) is 19.1 Å². The first-order valence-electron chi connectivity index (χ1n) is 8.10. The molecule has 0 atom stereocenters. The zero-order valence-electron chi connectivity index (χ0n) is 13.9. The third-order valence-electron chi connectivity index (χ3n) is 4.29. The highest BCUT2D eigenvalue weighted by Crippen LogP contribution is 2.28. The van der Waals surface area contributed by atoms with Gasteiger partial charge >= 0.3 is 0 Å². The minimum absolute atomic E-state index is 0.112. The summed E-state index contributed by atoms with van der Waals surface area (Å²) in [5.74, 6) is 0.857. The Morgan fingerprint density at radius 3 is 2.48 bits per heavy atom. The van der Waals surface area contributed by atoms with Crippen LogP contribution in [0.15, 0.2) is 18.2 Å². The predicted molar refractivity (Wildman–Crippen MR) is 93.3 cm³/mol. The quantitative estimate of drug-likeness (QED) is 0.836. The Morgan fingerprint density at radius 1 is 1.24 bits per heavy atom. The van der Waals surface area contributed by atoms with E-state index in [1.807, 2.05) is 0 Å². The molecule has 1 fully saturated rings. The SMILES string of the molecule is CN(CC1CCCC1)c1ccc(CNC(C)(C)C)c(Cl)c1. The van der Waals surface area contributed by atoms with Gasteiger partial charge in [-0.3, -0.25) is 0 Å². The first-order valence-corrected chi connectivity index (χ1v) is 8.47. The molecule has 1 N–H and O–H groups in total. The van der Waals surface area contributed by atoms with Gasteiger partial charge in [-0.05, 0) is 57.2 Å². The molecule has 2 nitrogen and oxygen atoms in total. The van der Waals surface area contributed by atoms with Crippen LogP contribution in [0.25, 0.3) is 0 Å². The first kappa shape index (κ1) is 16.6. The minimum atomic E-state index is 0.112. The van der Waals surface area contributed by atoms with E-state index in [-0.39, 0.29) is 5.54 Å². The van der Waals surface area contributed by atoms with Crippen LogP contribution in [0.1, 0.15) is 52.0 Å². The molecule has 0 radical (unpaired) electrons. The van der Waals surface area contributed by atoms with Crippen LogP contribution >= 0.6 is 11.6 Å². The fourth-order valence-electron chi connectivity index (χ4n) is 2.96. The molecule has 0 spiro atoms. The topological polar surface area (TPSA) is 15.3 Å². The highest BCUT2D eigenvalue weighted by atomic mass is 35.5. The number of nitrogens with zero attached hydrogens (tertiary/aromatic N) is 1. The van der Waals surface area contributed by atoms with E-state index in [1.54, 1.807) is 0 Å². The maximum absolute atomic E-state index is 6.45. The molecular formula is C18H29ClN2. The third-order valence-corrected chi connectivity index (χ3v) is 4.65. The van der Waals surface area contributed by atoms with Crippen LogP contribution in [0.3, 0.4) is 0 Å². The van der Waals surface area contributed by atoms with Crippen LogP contribution in [0, 0.1) is 5.92 Å². The Hall–Kier alpha value is -0.730. The lowest BCUT2D eigenvalue weighted by atomic mass is 10.1. The van der Waals surface area contributed by atoms with Gasteiger partial charge in [0, 0.05) is 36.4 Å². The molecule has 0 bridgehead atoms. The summed E-state index contributed by atoms with van der Waals surface area (Å²) >= 11 is 6.45. The first-order chi connectivity index (χ1) is 9.85. The molecule has 21 heavy (non-hydrogen) atoms. The maximum atomic E-state index is 6.45. The summed E-state index contributed by atoms with van der Waals surface area (Å²) in [6.45, 7) is 8.48. The molecule has 1 aliphatic carbocycles. The molecule has 0 aromatic heterocycles. The molecule has 0 heterocycles. The maximum Gasteiger partial charge on any atom is 0.0471 e. The number of halogens is 1. The molecule has 0 amide bonds. The van der Waals surface area contributed by atoms with Crippen molar-refractivity contribution in [3.05, 3.63) is 28.8 Å². The van der Waals surface area contributed by atoms with Gasteiger partial charge in [0.25, 0.3) is 0 Å². The molecule has 1 aliphatic rings. The van der Waals surface area contributed by atoms with E-state index in [0.29, 0.717) is 0 Å². The van der Waals surface area contributed by atoms with Gasteiger partial charge in [0.1, 0.15) is 0 Å². The van der Waals surface area contributed by atoms with Crippen molar-refractivity contribution in [2.45, 2.75) is 58.5 Å². The molecule has 2 rings (SSSR count). The summed E-state index contributed by atoms with van der Waals surface area (Å²) in [5.41, 5.74) is 2.51. The summed E-state index contributed by atoms with van der Waals surface area (Å²) in [6, 6.07) is 6.46. The van der Waals surface area contributed by atoms with Crippen molar-refractivity contribution < 1.29 is 0 Å². The molecular weight excluding hydrogens is 280 g/mol. The average molecular weight is 309 g/mol. The predicted octanol–water partition coefficient (Wildman–Crippen LogP) is 4.85. The second kappa shape index (κ2) is 7.02. The van der Waals surface area contributed by atoms with Gasteiger partial charge < -0.3 is 10.2 Å². The molecule has 118 valence electrons. The number of anilines is 1. The summed E-state index contributed by atoms with van der Waals surface area (Å²) in [4.78, 5) is 2.35. The number of hydrogen-bond donors (Lipinski definition) is 1. The van der Waals surface area contributed by atoms with Gasteiger partial charge in [0.2, 0.25) is 0 Å². The molecule has 0 saturated heterocycles. The van der Waals surface area contributed by atoms with E-state index in [1.165, 1.54) is 36.9 Å². The Balaban J connectivity index is 1.97. The van der Waals surface area contributed by atoms with Crippen LogP contribution < -0.4 is 10.2 Å². The second-order valence-corrected chi connectivity index (χ2v) is 7.82. The van der Waals surface area contributed by atoms with Crippen molar-refractivity contribution in [1.82, 2.24) is 5.32 Å². The van der Waals surface area contributed by atoms with E-state index in [0.717, 1.165) is 24.0 Å². The highest BCUT2D eigenvalue weighted by Gasteiger charge is 2.17. The monoisotopic (exact) mass is 308 g/mol. The summed E-state index contributed by atoms with van der Waals surface area (Å²) in [6.07, 6.45) is 5.56. The lowest BCUT2D eigenvalue weighted by molar-refractivity contribution is 0.424. The minimum Gasteiger partial charge on any atom is -0.374 e. The van der Waals surface area contributed by atoms with Crippen LogP contribution in [0.4, 0.5) is 5.69 Å². The molecule has 1 aromatic rings. The number of rotatable bonds is 5. The standard InChI is InChI=1S/C18H29ClN2/c1-18(2,3)20-12-15-9-10-16(11-17(15)19)21(4)13-14-7-5-6-8-14/h9-11,14,20H,5-8,12-13H2,1-4H3. The van der Waals surface area contributed by atoms with Gasteiger partial charge in [0.15, 0.2) is 0 Å². The zero-order valence-corrected chi connectivity index (χ0v) is 14.6. The third kappa shape index (κ3) is 5.19. The molecule has 0 unspecified atom stereocenters. The number of hydrogen-bond acceptors (Lipinski definition) is 2. The van der Waals surface area contributed by atoms with Crippen molar-refractivity contribution >= 4 is 17.3 Å². The second-order valence-electron chi connectivity index (χ2n) is 7.41. The van der Waals surface area contributed by atoms with E-state index in [2.05, 4.69) is 56.2 Å². The van der Waals surface area contributed by atoms with E-state index >= 15 is 0 Å². The van der Waals surface area contributed by atoms with Crippen molar-refractivity contribution in [2.24, 2.45) is 5.92 Å². The smallest absolute Gasteiger partial charge is 0.0471 e. The Morgan fingerprint density at radius 2 is 1.90 bits per heavy atom. The van der Waals surface area contributed by atoms with E-state index in [4.69, 9.17) is 11.6 Å². The Kier molecular flexibility index (Phi) is 5.56. The van der Waals surface area contributed by atoms with Gasteiger partial charge in [-0.2, -0.15) is 0 Å². The largest absolute Gasteiger partial charge is 0.374 e. The molecule has 0 aliphatic heterocycles. The lowest BCUT2D eigenvalue weighted by Gasteiger charge is -2.24.